The Morgan fingerprint density at radius 3 is 2.82 bits per heavy atom. The van der Waals surface area contributed by atoms with E-state index >= 15 is 0 Å². The number of hydrogen-bond donors (Lipinski definition) is 2. The van der Waals surface area contributed by atoms with Crippen LogP contribution in [0, 0.1) is 0 Å². The summed E-state index contributed by atoms with van der Waals surface area (Å²) in [7, 11) is 1.73. The summed E-state index contributed by atoms with van der Waals surface area (Å²) in [5.41, 5.74) is 0. The quantitative estimate of drug-likeness (QED) is 0.810. The van der Waals surface area contributed by atoms with Gasteiger partial charge in [-0.2, -0.15) is 0 Å². The van der Waals surface area contributed by atoms with Crippen LogP contribution in [0.4, 0.5) is 0 Å². The number of carbonyl (C=O) groups is 1. The van der Waals surface area contributed by atoms with E-state index in [-0.39, 0.29) is 12.0 Å². The van der Waals surface area contributed by atoms with E-state index in [9.17, 15) is 4.79 Å². The van der Waals surface area contributed by atoms with Gasteiger partial charge in [-0.05, 0) is 26.1 Å². The molecule has 1 rings (SSSR count). The predicted molar refractivity (Wildman–Crippen MR) is 68.5 cm³/mol. The van der Waals surface area contributed by atoms with Crippen LogP contribution in [0.5, 0.6) is 5.75 Å². The van der Waals surface area contributed by atoms with E-state index < -0.39 is 0 Å². The first-order chi connectivity index (χ1) is 8.13. The van der Waals surface area contributed by atoms with Crippen LogP contribution in [-0.2, 0) is 4.79 Å². The molecule has 2 N–H and O–H groups in total. The molecule has 5 heteroatoms. The van der Waals surface area contributed by atoms with Crippen LogP contribution in [0.15, 0.2) is 24.3 Å². The molecule has 0 aliphatic heterocycles. The molecule has 1 aromatic carbocycles. The van der Waals surface area contributed by atoms with Crippen molar-refractivity contribution in [3.05, 3.63) is 29.3 Å². The standard InChI is InChI=1S/C12H17ClN2O2/c1-9(7-15-12(16)8-14-2)17-11-6-4-3-5-10(11)13/h3-6,9,14H,7-8H2,1-2H3,(H,15,16). The Hall–Kier alpha value is -1.26. The largest absolute Gasteiger partial charge is 0.487 e. The Morgan fingerprint density at radius 1 is 1.47 bits per heavy atom. The van der Waals surface area contributed by atoms with Crippen molar-refractivity contribution in [1.29, 1.82) is 0 Å². The Labute approximate surface area is 106 Å². The van der Waals surface area contributed by atoms with Crippen LogP contribution in [-0.4, -0.2) is 32.1 Å². The minimum Gasteiger partial charge on any atom is -0.487 e. The number of amides is 1. The minimum atomic E-state index is -0.129. The van der Waals surface area contributed by atoms with Gasteiger partial charge in [0.05, 0.1) is 18.1 Å². The van der Waals surface area contributed by atoms with Crippen molar-refractivity contribution in [2.75, 3.05) is 20.1 Å². The molecule has 0 saturated carbocycles. The maximum atomic E-state index is 11.2. The number of halogens is 1. The highest BCUT2D eigenvalue weighted by Crippen LogP contribution is 2.23. The third kappa shape index (κ3) is 5.06. The fourth-order valence-corrected chi connectivity index (χ4v) is 1.46. The normalized spacial score (nSPS) is 11.9. The molecule has 0 aromatic heterocycles. The van der Waals surface area contributed by atoms with E-state index in [0.717, 1.165) is 0 Å². The summed E-state index contributed by atoms with van der Waals surface area (Å²) in [4.78, 5) is 11.2. The highest BCUT2D eigenvalue weighted by Gasteiger charge is 2.08. The lowest BCUT2D eigenvalue weighted by molar-refractivity contribution is -0.120. The maximum absolute atomic E-state index is 11.2. The van der Waals surface area contributed by atoms with Crippen LogP contribution in [0.2, 0.25) is 5.02 Å². The second kappa shape index (κ2) is 7.14. The van der Waals surface area contributed by atoms with E-state index in [1.807, 2.05) is 19.1 Å². The number of likely N-dealkylation sites (N-methyl/N-ethyl adjacent to an activating group) is 1. The van der Waals surface area contributed by atoms with E-state index in [1.165, 1.54) is 0 Å². The lowest BCUT2D eigenvalue weighted by Gasteiger charge is -2.16. The van der Waals surface area contributed by atoms with Crippen molar-refractivity contribution < 1.29 is 9.53 Å². The van der Waals surface area contributed by atoms with Crippen molar-refractivity contribution >= 4 is 17.5 Å². The third-order valence-corrected chi connectivity index (χ3v) is 2.40. The highest BCUT2D eigenvalue weighted by atomic mass is 35.5. The molecule has 1 unspecified atom stereocenters. The average Bonchev–Trinajstić information content (AvgIpc) is 2.30. The average molecular weight is 257 g/mol. The van der Waals surface area contributed by atoms with Crippen molar-refractivity contribution in [3.63, 3.8) is 0 Å². The topological polar surface area (TPSA) is 50.4 Å². The number of nitrogens with one attached hydrogen (secondary N) is 2. The fourth-order valence-electron chi connectivity index (χ4n) is 1.28. The maximum Gasteiger partial charge on any atom is 0.234 e. The molecule has 0 aliphatic rings. The van der Waals surface area contributed by atoms with Gasteiger partial charge in [0.25, 0.3) is 0 Å². The zero-order valence-electron chi connectivity index (χ0n) is 10.00. The molecule has 1 atom stereocenters. The van der Waals surface area contributed by atoms with Crippen LogP contribution in [0.25, 0.3) is 0 Å². The van der Waals surface area contributed by atoms with Crippen molar-refractivity contribution in [2.24, 2.45) is 0 Å². The zero-order chi connectivity index (χ0) is 12.7. The molecule has 4 nitrogen and oxygen atoms in total. The zero-order valence-corrected chi connectivity index (χ0v) is 10.8. The van der Waals surface area contributed by atoms with Crippen LogP contribution >= 0.6 is 11.6 Å². The minimum absolute atomic E-state index is 0.0536. The summed E-state index contributed by atoms with van der Waals surface area (Å²) < 4.78 is 5.61. The molecule has 0 bridgehead atoms. The molecule has 94 valence electrons. The summed E-state index contributed by atoms with van der Waals surface area (Å²) >= 11 is 5.96. The van der Waals surface area contributed by atoms with E-state index in [4.69, 9.17) is 16.3 Å². The van der Waals surface area contributed by atoms with Gasteiger partial charge in [-0.15, -0.1) is 0 Å². The lowest BCUT2D eigenvalue weighted by atomic mass is 10.3. The summed E-state index contributed by atoms with van der Waals surface area (Å²) in [6, 6.07) is 7.26. The van der Waals surface area contributed by atoms with Crippen molar-refractivity contribution in [3.8, 4) is 5.75 Å². The first kappa shape index (κ1) is 13.8. The molecule has 0 saturated heterocycles. The highest BCUT2D eigenvalue weighted by molar-refractivity contribution is 6.32. The molecule has 0 spiro atoms. The molecular weight excluding hydrogens is 240 g/mol. The van der Waals surface area contributed by atoms with Gasteiger partial charge >= 0.3 is 0 Å². The molecule has 0 fully saturated rings. The van der Waals surface area contributed by atoms with Gasteiger partial charge in [0.15, 0.2) is 0 Å². The Kier molecular flexibility index (Phi) is 5.80. The van der Waals surface area contributed by atoms with E-state index in [1.54, 1.807) is 19.2 Å². The van der Waals surface area contributed by atoms with Crippen molar-refractivity contribution in [1.82, 2.24) is 10.6 Å². The van der Waals surface area contributed by atoms with E-state index in [2.05, 4.69) is 10.6 Å². The van der Waals surface area contributed by atoms with Gasteiger partial charge in [-0.3, -0.25) is 4.79 Å². The Balaban J connectivity index is 2.37. The second-order valence-electron chi connectivity index (χ2n) is 3.69. The van der Waals surface area contributed by atoms with Crippen LogP contribution in [0.3, 0.4) is 0 Å². The molecule has 1 amide bonds. The predicted octanol–water partition coefficient (Wildman–Crippen LogP) is 1.44. The number of ether oxygens (including phenoxy) is 1. The van der Waals surface area contributed by atoms with Gasteiger partial charge < -0.3 is 15.4 Å². The molecule has 17 heavy (non-hydrogen) atoms. The number of rotatable bonds is 6. The van der Waals surface area contributed by atoms with Crippen molar-refractivity contribution in [2.45, 2.75) is 13.0 Å². The first-order valence-electron chi connectivity index (χ1n) is 5.46. The third-order valence-electron chi connectivity index (χ3n) is 2.09. The summed E-state index contributed by atoms with van der Waals surface area (Å²) in [6.07, 6.45) is -0.129. The fraction of sp³-hybridized carbons (Fsp3) is 0.417. The number of para-hydroxylation sites is 1. The summed E-state index contributed by atoms with van der Waals surface area (Å²) in [5.74, 6) is 0.576. The molecule has 0 radical (unpaired) electrons. The number of carbonyl (C=O) groups excluding carboxylic acids is 1. The van der Waals surface area contributed by atoms with Gasteiger partial charge in [0.1, 0.15) is 11.9 Å². The Morgan fingerprint density at radius 2 is 2.18 bits per heavy atom. The molecular formula is C12H17ClN2O2. The number of hydrogen-bond acceptors (Lipinski definition) is 3. The van der Waals surface area contributed by atoms with Gasteiger partial charge in [-0.25, -0.2) is 0 Å². The Bertz CT molecular complexity index is 371. The van der Waals surface area contributed by atoms with Gasteiger partial charge in [0, 0.05) is 0 Å². The molecule has 1 aromatic rings. The van der Waals surface area contributed by atoms with Gasteiger partial charge in [-0.1, -0.05) is 23.7 Å². The molecule has 0 heterocycles. The lowest BCUT2D eigenvalue weighted by Crippen LogP contribution is -2.38. The first-order valence-corrected chi connectivity index (χ1v) is 5.83. The SMILES string of the molecule is CNCC(=O)NCC(C)Oc1ccccc1Cl. The monoisotopic (exact) mass is 256 g/mol. The summed E-state index contributed by atoms with van der Waals surface area (Å²) in [5, 5.41) is 6.10. The number of benzene rings is 1. The van der Waals surface area contributed by atoms with Crippen LogP contribution in [0.1, 0.15) is 6.92 Å². The van der Waals surface area contributed by atoms with Gasteiger partial charge in [0.2, 0.25) is 5.91 Å². The summed E-state index contributed by atoms with van der Waals surface area (Å²) in [6.45, 7) is 2.63. The van der Waals surface area contributed by atoms with Crippen LogP contribution < -0.4 is 15.4 Å². The van der Waals surface area contributed by atoms with E-state index in [0.29, 0.717) is 23.9 Å². The smallest absolute Gasteiger partial charge is 0.234 e. The second-order valence-corrected chi connectivity index (χ2v) is 4.10. The molecule has 0 aliphatic carbocycles.